The van der Waals surface area contributed by atoms with Gasteiger partial charge in [-0.05, 0) is 38.5 Å². The molecule has 0 radical (unpaired) electrons. The van der Waals surface area contributed by atoms with E-state index in [-0.39, 0.29) is 0 Å². The molecule has 1 aromatic rings. The molecule has 0 amide bonds. The Morgan fingerprint density at radius 2 is 1.88 bits per heavy atom. The largest absolute Gasteiger partial charge is 0.370 e. The van der Waals surface area contributed by atoms with Crippen LogP contribution in [0.2, 0.25) is 0 Å². The molecule has 0 spiro atoms. The van der Waals surface area contributed by atoms with Crippen molar-refractivity contribution in [1.82, 2.24) is 9.97 Å². The van der Waals surface area contributed by atoms with E-state index in [4.69, 9.17) is 9.97 Å². The summed E-state index contributed by atoms with van der Waals surface area (Å²) in [6.45, 7) is 5.38. The molecule has 0 aromatic carbocycles. The Hall–Kier alpha value is -1.12. The smallest absolute Gasteiger partial charge is 0.133 e. The molecule has 0 fully saturated rings. The fraction of sp³-hybridized carbons (Fsp3) is 0.714. The molecule has 1 aliphatic rings. The van der Waals surface area contributed by atoms with Crippen LogP contribution in [-0.4, -0.2) is 16.5 Å². The van der Waals surface area contributed by atoms with Gasteiger partial charge in [0, 0.05) is 24.2 Å². The average Bonchev–Trinajstić information content (AvgIpc) is 2.36. The van der Waals surface area contributed by atoms with E-state index in [1.54, 1.807) is 0 Å². The lowest BCUT2D eigenvalue weighted by Gasteiger charge is -2.19. The van der Waals surface area contributed by atoms with Gasteiger partial charge >= 0.3 is 0 Å². The van der Waals surface area contributed by atoms with Gasteiger partial charge in [0.05, 0.1) is 0 Å². The number of anilines is 1. The summed E-state index contributed by atoms with van der Waals surface area (Å²) in [5, 5.41) is 3.47. The molecule has 0 atom stereocenters. The normalized spacial score (nSPS) is 14.5. The zero-order valence-electron chi connectivity index (χ0n) is 11.1. The van der Waals surface area contributed by atoms with Crippen LogP contribution in [0.25, 0.3) is 0 Å². The minimum atomic E-state index is 0.994. The Morgan fingerprint density at radius 3 is 2.65 bits per heavy atom. The zero-order valence-corrected chi connectivity index (χ0v) is 11.1. The second-order valence-corrected chi connectivity index (χ2v) is 4.80. The van der Waals surface area contributed by atoms with Gasteiger partial charge in [-0.1, -0.05) is 13.8 Å². The number of aromatic nitrogens is 2. The van der Waals surface area contributed by atoms with Crippen molar-refractivity contribution in [3.05, 3.63) is 17.1 Å². The summed E-state index contributed by atoms with van der Waals surface area (Å²) in [7, 11) is 0. The lowest BCUT2D eigenvalue weighted by atomic mass is 9.96. The predicted molar refractivity (Wildman–Crippen MR) is 71.4 cm³/mol. The van der Waals surface area contributed by atoms with Gasteiger partial charge in [-0.2, -0.15) is 0 Å². The second-order valence-electron chi connectivity index (χ2n) is 4.80. The number of nitrogens with one attached hydrogen (secondary N) is 1. The van der Waals surface area contributed by atoms with Crippen molar-refractivity contribution >= 4 is 5.82 Å². The van der Waals surface area contributed by atoms with Gasteiger partial charge in [-0.3, -0.25) is 0 Å². The maximum atomic E-state index is 4.72. The van der Waals surface area contributed by atoms with Crippen molar-refractivity contribution in [2.75, 3.05) is 11.9 Å². The lowest BCUT2D eigenvalue weighted by Crippen LogP contribution is -2.15. The van der Waals surface area contributed by atoms with Crippen LogP contribution in [0.3, 0.4) is 0 Å². The highest BCUT2D eigenvalue weighted by Gasteiger charge is 2.17. The molecule has 0 saturated heterocycles. The SMILES string of the molecule is CCCNc1nc(CCC)nc2c1CCCC2. The van der Waals surface area contributed by atoms with Gasteiger partial charge in [-0.15, -0.1) is 0 Å². The van der Waals surface area contributed by atoms with E-state index in [9.17, 15) is 0 Å². The summed E-state index contributed by atoms with van der Waals surface area (Å²) < 4.78 is 0. The molecular formula is C14H23N3. The molecule has 17 heavy (non-hydrogen) atoms. The molecule has 1 aliphatic carbocycles. The third-order valence-corrected chi connectivity index (χ3v) is 3.25. The Bertz CT molecular complexity index is 374. The van der Waals surface area contributed by atoms with E-state index < -0.39 is 0 Å². The van der Waals surface area contributed by atoms with Gasteiger partial charge in [0.1, 0.15) is 11.6 Å². The molecule has 0 unspecified atom stereocenters. The maximum absolute atomic E-state index is 4.72. The van der Waals surface area contributed by atoms with Gasteiger partial charge in [-0.25, -0.2) is 9.97 Å². The second kappa shape index (κ2) is 5.99. The van der Waals surface area contributed by atoms with Crippen LogP contribution in [0.1, 0.15) is 56.6 Å². The van der Waals surface area contributed by atoms with Gasteiger partial charge in [0.25, 0.3) is 0 Å². The fourth-order valence-electron chi connectivity index (χ4n) is 2.37. The van der Waals surface area contributed by atoms with E-state index >= 15 is 0 Å². The van der Waals surface area contributed by atoms with E-state index in [1.807, 2.05) is 0 Å². The van der Waals surface area contributed by atoms with Crippen molar-refractivity contribution in [1.29, 1.82) is 0 Å². The Morgan fingerprint density at radius 1 is 1.06 bits per heavy atom. The average molecular weight is 233 g/mol. The van der Waals surface area contributed by atoms with Gasteiger partial charge in [0.15, 0.2) is 0 Å². The summed E-state index contributed by atoms with van der Waals surface area (Å²) in [5.74, 6) is 2.13. The molecule has 3 heteroatoms. The Kier molecular flexibility index (Phi) is 4.35. The summed E-state index contributed by atoms with van der Waals surface area (Å²) in [6, 6.07) is 0. The van der Waals surface area contributed by atoms with E-state index in [2.05, 4.69) is 19.2 Å². The molecule has 1 N–H and O–H groups in total. The molecule has 0 saturated carbocycles. The number of rotatable bonds is 5. The number of hydrogen-bond acceptors (Lipinski definition) is 3. The summed E-state index contributed by atoms with van der Waals surface area (Å²) in [5.41, 5.74) is 2.68. The fourth-order valence-corrected chi connectivity index (χ4v) is 2.37. The molecule has 1 aromatic heterocycles. The predicted octanol–water partition coefficient (Wildman–Crippen LogP) is 3.13. The van der Waals surface area contributed by atoms with Crippen LogP contribution >= 0.6 is 0 Å². The minimum Gasteiger partial charge on any atom is -0.370 e. The summed E-state index contributed by atoms with van der Waals surface area (Å²) >= 11 is 0. The first-order chi connectivity index (χ1) is 8.35. The number of aryl methyl sites for hydroxylation is 2. The molecule has 0 bridgehead atoms. The number of hydrogen-bond donors (Lipinski definition) is 1. The van der Waals surface area contributed by atoms with E-state index in [0.717, 1.165) is 50.3 Å². The molecule has 2 rings (SSSR count). The highest BCUT2D eigenvalue weighted by Crippen LogP contribution is 2.25. The molecule has 1 heterocycles. The lowest BCUT2D eigenvalue weighted by molar-refractivity contribution is 0.652. The zero-order chi connectivity index (χ0) is 12.1. The van der Waals surface area contributed by atoms with Crippen LogP contribution < -0.4 is 5.32 Å². The quantitative estimate of drug-likeness (QED) is 0.849. The summed E-state index contributed by atoms with van der Waals surface area (Å²) in [6.07, 6.45) is 8.10. The van der Waals surface area contributed by atoms with Crippen molar-refractivity contribution in [3.8, 4) is 0 Å². The first-order valence-corrected chi connectivity index (χ1v) is 6.97. The summed E-state index contributed by atoms with van der Waals surface area (Å²) in [4.78, 5) is 9.41. The molecule has 3 nitrogen and oxygen atoms in total. The van der Waals surface area contributed by atoms with Gasteiger partial charge in [0.2, 0.25) is 0 Å². The van der Waals surface area contributed by atoms with Crippen LogP contribution in [0.5, 0.6) is 0 Å². The van der Waals surface area contributed by atoms with Crippen LogP contribution in [0.4, 0.5) is 5.82 Å². The Balaban J connectivity index is 2.28. The topological polar surface area (TPSA) is 37.8 Å². The third kappa shape index (κ3) is 2.96. The highest BCUT2D eigenvalue weighted by atomic mass is 15.0. The van der Waals surface area contributed by atoms with Crippen LogP contribution in [-0.2, 0) is 19.3 Å². The highest BCUT2D eigenvalue weighted by molar-refractivity contribution is 5.47. The van der Waals surface area contributed by atoms with Crippen LogP contribution in [0, 0.1) is 0 Å². The first kappa shape index (κ1) is 12.3. The third-order valence-electron chi connectivity index (χ3n) is 3.25. The standard InChI is InChI=1S/C14H23N3/c1-3-7-13-16-12-9-6-5-8-11(12)14(17-13)15-10-4-2/h3-10H2,1-2H3,(H,15,16,17). The number of fused-ring (bicyclic) bond motifs is 1. The van der Waals surface area contributed by atoms with E-state index in [1.165, 1.54) is 24.1 Å². The minimum absolute atomic E-state index is 0.994. The maximum Gasteiger partial charge on any atom is 0.133 e. The van der Waals surface area contributed by atoms with Crippen molar-refractivity contribution in [3.63, 3.8) is 0 Å². The van der Waals surface area contributed by atoms with Crippen molar-refractivity contribution < 1.29 is 0 Å². The van der Waals surface area contributed by atoms with E-state index in [0.29, 0.717) is 0 Å². The molecular weight excluding hydrogens is 210 g/mol. The number of nitrogens with zero attached hydrogens (tertiary/aromatic N) is 2. The van der Waals surface area contributed by atoms with Gasteiger partial charge < -0.3 is 5.32 Å². The monoisotopic (exact) mass is 233 g/mol. The Labute approximate surface area is 104 Å². The molecule has 94 valence electrons. The van der Waals surface area contributed by atoms with Crippen molar-refractivity contribution in [2.24, 2.45) is 0 Å². The van der Waals surface area contributed by atoms with Crippen molar-refractivity contribution in [2.45, 2.75) is 58.8 Å². The molecule has 0 aliphatic heterocycles. The first-order valence-electron chi connectivity index (χ1n) is 6.97. The van der Waals surface area contributed by atoms with Crippen LogP contribution in [0.15, 0.2) is 0 Å².